The van der Waals surface area contributed by atoms with Gasteiger partial charge in [0.15, 0.2) is 5.16 Å². The van der Waals surface area contributed by atoms with Crippen LogP contribution >= 0.6 is 11.8 Å². The van der Waals surface area contributed by atoms with E-state index in [1.807, 2.05) is 30.3 Å². The van der Waals surface area contributed by atoms with E-state index >= 15 is 0 Å². The van der Waals surface area contributed by atoms with Crippen LogP contribution in [0.15, 0.2) is 46.3 Å². The molecule has 0 fully saturated rings. The fraction of sp³-hybridized carbons (Fsp3) is 0.267. The number of H-pyrrole nitrogens is 1. The summed E-state index contributed by atoms with van der Waals surface area (Å²) in [5, 5.41) is 9.92. The highest BCUT2D eigenvalue weighted by Gasteiger charge is 2.26. The Hall–Kier alpha value is -2.10. The molecule has 1 heterocycles. The number of aromatic amines is 1. The maximum Gasteiger partial charge on any atom is 0.251 e. The number of nitriles is 1. The predicted octanol–water partition coefficient (Wildman–Crippen LogP) is 1.94. The zero-order chi connectivity index (χ0) is 15.3. The summed E-state index contributed by atoms with van der Waals surface area (Å²) in [7, 11) is 0. The number of benzene rings is 1. The number of thioether (sulfide) groups is 1. The molecule has 0 aliphatic rings. The van der Waals surface area contributed by atoms with E-state index in [0.717, 1.165) is 5.56 Å². The van der Waals surface area contributed by atoms with E-state index in [0.29, 0.717) is 23.0 Å². The molecule has 0 amide bonds. The third-order valence-electron chi connectivity index (χ3n) is 3.07. The van der Waals surface area contributed by atoms with Crippen LogP contribution in [0.3, 0.4) is 0 Å². The number of aromatic nitrogens is 2. The highest BCUT2D eigenvalue weighted by Crippen LogP contribution is 2.25. The average Bonchev–Trinajstić information content (AvgIpc) is 2.47. The van der Waals surface area contributed by atoms with Gasteiger partial charge < -0.3 is 10.7 Å². The summed E-state index contributed by atoms with van der Waals surface area (Å²) in [5.41, 5.74) is 6.43. The van der Waals surface area contributed by atoms with Gasteiger partial charge in [-0.05, 0) is 18.9 Å². The molecule has 108 valence electrons. The first-order valence-electron chi connectivity index (χ1n) is 6.50. The predicted molar refractivity (Wildman–Crippen MR) is 82.9 cm³/mol. The number of nitrogens with one attached hydrogen (secondary N) is 1. The van der Waals surface area contributed by atoms with Gasteiger partial charge in [0.25, 0.3) is 5.56 Å². The number of aryl methyl sites for hydroxylation is 1. The molecule has 0 spiro atoms. The number of nitrogens with two attached hydrogens (primary N) is 1. The highest BCUT2D eigenvalue weighted by atomic mass is 32.2. The SMILES string of the molecule is Cc1cc(=O)[nH]c(SCCC(N)(C#N)c2ccccc2)n1. The Morgan fingerprint density at radius 2 is 2.14 bits per heavy atom. The van der Waals surface area contributed by atoms with Crippen molar-refractivity contribution >= 4 is 11.8 Å². The zero-order valence-electron chi connectivity index (χ0n) is 11.7. The first-order chi connectivity index (χ1) is 10.0. The molecule has 5 nitrogen and oxygen atoms in total. The molecule has 1 aromatic heterocycles. The maximum atomic E-state index is 11.4. The van der Waals surface area contributed by atoms with Gasteiger partial charge in [-0.2, -0.15) is 5.26 Å². The quantitative estimate of drug-likeness (QED) is 0.650. The third kappa shape index (κ3) is 3.94. The van der Waals surface area contributed by atoms with E-state index in [4.69, 9.17) is 5.73 Å². The van der Waals surface area contributed by atoms with Gasteiger partial charge in [0.2, 0.25) is 0 Å². The molecule has 0 aliphatic heterocycles. The van der Waals surface area contributed by atoms with Gasteiger partial charge in [0, 0.05) is 17.5 Å². The van der Waals surface area contributed by atoms with Crippen molar-refractivity contribution < 1.29 is 0 Å². The van der Waals surface area contributed by atoms with Crippen LogP contribution in [0.5, 0.6) is 0 Å². The summed E-state index contributed by atoms with van der Waals surface area (Å²) in [5.74, 6) is 0.589. The molecule has 6 heteroatoms. The number of rotatable bonds is 5. The van der Waals surface area contributed by atoms with Crippen molar-refractivity contribution in [2.75, 3.05) is 5.75 Å². The Labute approximate surface area is 127 Å². The topological polar surface area (TPSA) is 95.6 Å². The molecule has 0 bridgehead atoms. The van der Waals surface area contributed by atoms with Crippen molar-refractivity contribution in [3.63, 3.8) is 0 Å². The highest BCUT2D eigenvalue weighted by molar-refractivity contribution is 7.99. The fourth-order valence-electron chi connectivity index (χ4n) is 1.93. The normalized spacial score (nSPS) is 13.4. The average molecular weight is 300 g/mol. The minimum absolute atomic E-state index is 0.174. The van der Waals surface area contributed by atoms with Gasteiger partial charge in [-0.25, -0.2) is 4.98 Å². The molecule has 2 rings (SSSR count). The smallest absolute Gasteiger partial charge is 0.251 e. The summed E-state index contributed by atoms with van der Waals surface area (Å²) in [6.07, 6.45) is 0.468. The molecule has 2 aromatic rings. The van der Waals surface area contributed by atoms with Gasteiger partial charge in [0.05, 0.1) is 6.07 Å². The Morgan fingerprint density at radius 1 is 1.43 bits per heavy atom. The van der Waals surface area contributed by atoms with E-state index in [-0.39, 0.29) is 5.56 Å². The fourth-order valence-corrected chi connectivity index (χ4v) is 2.93. The van der Waals surface area contributed by atoms with Gasteiger partial charge in [0.1, 0.15) is 5.54 Å². The summed E-state index contributed by atoms with van der Waals surface area (Å²) >= 11 is 1.39. The summed E-state index contributed by atoms with van der Waals surface area (Å²) in [6, 6.07) is 12.9. The van der Waals surface area contributed by atoms with Crippen LogP contribution in [0, 0.1) is 18.3 Å². The summed E-state index contributed by atoms with van der Waals surface area (Å²) < 4.78 is 0. The minimum atomic E-state index is -1.03. The van der Waals surface area contributed by atoms with Crippen LogP contribution in [-0.2, 0) is 5.54 Å². The van der Waals surface area contributed by atoms with Gasteiger partial charge in [-0.15, -0.1) is 0 Å². The van der Waals surface area contributed by atoms with Crippen molar-refractivity contribution in [2.45, 2.75) is 24.0 Å². The Bertz CT molecular complexity index is 708. The van der Waals surface area contributed by atoms with Crippen molar-refractivity contribution in [1.82, 2.24) is 9.97 Å². The summed E-state index contributed by atoms with van der Waals surface area (Å²) in [4.78, 5) is 18.3. The number of hydrogen-bond donors (Lipinski definition) is 2. The van der Waals surface area contributed by atoms with Crippen LogP contribution in [-0.4, -0.2) is 15.7 Å². The van der Waals surface area contributed by atoms with E-state index in [2.05, 4.69) is 16.0 Å². The maximum absolute atomic E-state index is 11.4. The van der Waals surface area contributed by atoms with Crippen molar-refractivity contribution in [1.29, 1.82) is 5.26 Å². The van der Waals surface area contributed by atoms with Gasteiger partial charge >= 0.3 is 0 Å². The number of hydrogen-bond acceptors (Lipinski definition) is 5. The molecule has 0 saturated heterocycles. The number of nitrogens with zero attached hydrogens (tertiary/aromatic N) is 2. The van der Waals surface area contributed by atoms with Gasteiger partial charge in [-0.3, -0.25) is 4.79 Å². The molecule has 1 atom stereocenters. The third-order valence-corrected chi connectivity index (χ3v) is 3.95. The zero-order valence-corrected chi connectivity index (χ0v) is 12.5. The lowest BCUT2D eigenvalue weighted by Crippen LogP contribution is -2.35. The van der Waals surface area contributed by atoms with E-state index < -0.39 is 5.54 Å². The monoisotopic (exact) mass is 300 g/mol. The summed E-state index contributed by atoms with van der Waals surface area (Å²) in [6.45, 7) is 1.77. The van der Waals surface area contributed by atoms with Crippen molar-refractivity contribution in [3.05, 3.63) is 58.0 Å². The lowest BCUT2D eigenvalue weighted by atomic mass is 9.90. The second-order valence-electron chi connectivity index (χ2n) is 4.74. The van der Waals surface area contributed by atoms with Crippen LogP contribution in [0.1, 0.15) is 17.7 Å². The first-order valence-corrected chi connectivity index (χ1v) is 7.48. The molecule has 1 unspecified atom stereocenters. The largest absolute Gasteiger partial charge is 0.310 e. The molecule has 0 aliphatic carbocycles. The van der Waals surface area contributed by atoms with E-state index in [9.17, 15) is 10.1 Å². The minimum Gasteiger partial charge on any atom is -0.310 e. The van der Waals surface area contributed by atoms with Crippen molar-refractivity contribution in [2.24, 2.45) is 5.73 Å². The van der Waals surface area contributed by atoms with Crippen LogP contribution in [0.2, 0.25) is 0 Å². The molecule has 0 radical (unpaired) electrons. The lowest BCUT2D eigenvalue weighted by molar-refractivity contribution is 0.560. The second-order valence-corrected chi connectivity index (χ2v) is 5.82. The molecular weight excluding hydrogens is 284 g/mol. The van der Waals surface area contributed by atoms with Crippen molar-refractivity contribution in [3.8, 4) is 6.07 Å². The Balaban J connectivity index is 2.04. The standard InChI is InChI=1S/C15H16N4OS/c1-11-9-13(20)19-14(18-11)21-8-7-15(17,10-16)12-5-3-2-4-6-12/h2-6,9H,7-8,17H2,1H3,(H,18,19,20). The van der Waals surface area contributed by atoms with E-state index in [1.54, 1.807) is 6.92 Å². The lowest BCUT2D eigenvalue weighted by Gasteiger charge is -2.21. The van der Waals surface area contributed by atoms with Crippen LogP contribution < -0.4 is 11.3 Å². The Kier molecular flexibility index (Phi) is 4.78. The second kappa shape index (κ2) is 6.57. The molecular formula is C15H16N4OS. The van der Waals surface area contributed by atoms with E-state index in [1.165, 1.54) is 17.8 Å². The van der Waals surface area contributed by atoms with Gasteiger partial charge in [-0.1, -0.05) is 42.1 Å². The molecule has 3 N–H and O–H groups in total. The molecule has 0 saturated carbocycles. The first kappa shape index (κ1) is 15.3. The molecule has 1 aromatic carbocycles. The Morgan fingerprint density at radius 3 is 2.76 bits per heavy atom. The molecule has 21 heavy (non-hydrogen) atoms. The van der Waals surface area contributed by atoms with Crippen LogP contribution in [0.4, 0.5) is 0 Å². The van der Waals surface area contributed by atoms with Crippen LogP contribution in [0.25, 0.3) is 0 Å².